The summed E-state index contributed by atoms with van der Waals surface area (Å²) >= 11 is 0. The second-order valence-electron chi connectivity index (χ2n) is 7.64. The first-order valence-electron chi connectivity index (χ1n) is 9.02. The van der Waals surface area contributed by atoms with E-state index in [4.69, 9.17) is 4.74 Å². The van der Waals surface area contributed by atoms with Crippen molar-refractivity contribution >= 4 is 17.7 Å². The normalized spacial score (nSPS) is 23.3. The lowest BCUT2D eigenvalue weighted by Crippen LogP contribution is -2.40. The highest BCUT2D eigenvalue weighted by Gasteiger charge is 2.52. The maximum atomic E-state index is 13.0. The van der Waals surface area contributed by atoms with Gasteiger partial charge in [0.25, 0.3) is 11.7 Å². The molecule has 2 aromatic rings. The summed E-state index contributed by atoms with van der Waals surface area (Å²) in [6.07, 6.45) is 4.69. The van der Waals surface area contributed by atoms with Gasteiger partial charge in [0.2, 0.25) is 0 Å². The lowest BCUT2D eigenvalue weighted by Gasteiger charge is -2.14. The highest BCUT2D eigenvalue weighted by atomic mass is 16.5. The standard InChI is InChI=1S/C18H19N5O4/c1-8-13(11-6-9-5-10(9)23(11)14(8)17(26)27-2)15(24)16(25)20-18(3-4-18)12-7-19-22-21-12/h7,9-10H,3-6H2,1-2H3,(H,20,25)(H,19,21,22)/t9-,10-/m1/s1. The second kappa shape index (κ2) is 5.28. The van der Waals surface area contributed by atoms with Gasteiger partial charge in [-0.2, -0.15) is 15.4 Å². The van der Waals surface area contributed by atoms with Crippen molar-refractivity contribution in [2.75, 3.05) is 7.11 Å². The van der Waals surface area contributed by atoms with Crippen molar-refractivity contribution in [2.24, 2.45) is 5.92 Å². The molecule has 27 heavy (non-hydrogen) atoms. The van der Waals surface area contributed by atoms with Crippen LogP contribution in [0.25, 0.3) is 0 Å². The summed E-state index contributed by atoms with van der Waals surface area (Å²) in [5.41, 5.74) is 2.04. The Kier molecular flexibility index (Phi) is 3.17. The molecule has 0 radical (unpaired) electrons. The SMILES string of the molecule is COC(=O)c1c(C)c(C(=O)C(=O)NC2(c3cn[nH]n3)CC2)c2n1[C@@H]1C[C@@H]1C2. The van der Waals surface area contributed by atoms with Gasteiger partial charge in [0.1, 0.15) is 11.4 Å². The first-order chi connectivity index (χ1) is 13.0. The van der Waals surface area contributed by atoms with E-state index >= 15 is 0 Å². The first kappa shape index (κ1) is 16.2. The van der Waals surface area contributed by atoms with Gasteiger partial charge in [0.05, 0.1) is 24.4 Å². The third kappa shape index (κ3) is 2.20. The Bertz CT molecular complexity index is 986. The van der Waals surface area contributed by atoms with Crippen LogP contribution in [-0.4, -0.2) is 44.7 Å². The van der Waals surface area contributed by atoms with Crippen molar-refractivity contribution in [1.82, 2.24) is 25.3 Å². The molecule has 2 saturated carbocycles. The number of rotatable bonds is 5. The molecule has 2 aliphatic carbocycles. The highest BCUT2D eigenvalue weighted by molar-refractivity contribution is 6.43. The Hall–Kier alpha value is -2.97. The summed E-state index contributed by atoms with van der Waals surface area (Å²) in [6, 6.07) is 0.238. The number of nitrogens with one attached hydrogen (secondary N) is 2. The van der Waals surface area contributed by atoms with Crippen LogP contribution in [0.5, 0.6) is 0 Å². The van der Waals surface area contributed by atoms with Gasteiger partial charge in [-0.25, -0.2) is 4.79 Å². The van der Waals surface area contributed by atoms with Crippen LogP contribution in [-0.2, 0) is 21.5 Å². The number of aromatic nitrogens is 4. The Morgan fingerprint density at radius 2 is 2.15 bits per heavy atom. The highest BCUT2D eigenvalue weighted by Crippen LogP contribution is 2.54. The summed E-state index contributed by atoms with van der Waals surface area (Å²) in [5, 5.41) is 13.2. The van der Waals surface area contributed by atoms with Crippen molar-refractivity contribution in [3.8, 4) is 0 Å². The molecule has 1 aliphatic heterocycles. The van der Waals surface area contributed by atoms with E-state index in [-0.39, 0.29) is 6.04 Å². The number of fused-ring (bicyclic) bond motifs is 3. The minimum absolute atomic E-state index is 0.238. The molecule has 9 heteroatoms. The molecule has 5 rings (SSSR count). The van der Waals surface area contributed by atoms with E-state index in [0.717, 1.165) is 12.1 Å². The largest absolute Gasteiger partial charge is 0.464 e. The van der Waals surface area contributed by atoms with E-state index in [9.17, 15) is 14.4 Å². The Labute approximate surface area is 154 Å². The third-order valence-electron chi connectivity index (χ3n) is 6.04. The van der Waals surface area contributed by atoms with Gasteiger partial charge in [-0.1, -0.05) is 0 Å². The summed E-state index contributed by atoms with van der Waals surface area (Å²) in [6.45, 7) is 1.71. The Morgan fingerprint density at radius 3 is 2.78 bits per heavy atom. The number of methoxy groups -OCH3 is 1. The van der Waals surface area contributed by atoms with E-state index in [0.29, 0.717) is 47.7 Å². The predicted octanol–water partition coefficient (Wildman–Crippen LogP) is 0.807. The van der Waals surface area contributed by atoms with Gasteiger partial charge < -0.3 is 14.6 Å². The maximum Gasteiger partial charge on any atom is 0.354 e. The van der Waals surface area contributed by atoms with Crippen LogP contribution in [0.3, 0.4) is 0 Å². The molecule has 2 aromatic heterocycles. The van der Waals surface area contributed by atoms with E-state index < -0.39 is 23.2 Å². The number of esters is 1. The number of carbonyl (C=O) groups is 3. The molecular formula is C18H19N5O4. The van der Waals surface area contributed by atoms with Crippen LogP contribution in [0.1, 0.15) is 63.1 Å². The molecule has 0 unspecified atom stereocenters. The Balaban J connectivity index is 1.48. The van der Waals surface area contributed by atoms with Crippen LogP contribution >= 0.6 is 0 Å². The minimum atomic E-state index is -0.677. The molecular weight excluding hydrogens is 350 g/mol. The number of carbonyl (C=O) groups excluding carboxylic acids is 3. The number of ketones is 1. The van der Waals surface area contributed by atoms with Crippen LogP contribution < -0.4 is 5.32 Å². The molecule has 2 N–H and O–H groups in total. The fourth-order valence-corrected chi connectivity index (χ4v) is 4.39. The van der Waals surface area contributed by atoms with Gasteiger partial charge in [-0.3, -0.25) is 9.59 Å². The molecule has 0 aromatic carbocycles. The number of nitrogens with zero attached hydrogens (tertiary/aromatic N) is 3. The van der Waals surface area contributed by atoms with Crippen LogP contribution in [0.15, 0.2) is 6.20 Å². The fourth-order valence-electron chi connectivity index (χ4n) is 4.39. The fraction of sp³-hybridized carbons (Fsp3) is 0.500. The number of amides is 1. The number of ether oxygens (including phenoxy) is 1. The number of H-pyrrole nitrogens is 1. The molecule has 0 spiro atoms. The van der Waals surface area contributed by atoms with Crippen molar-refractivity contribution in [1.29, 1.82) is 0 Å². The topological polar surface area (TPSA) is 119 Å². The lowest BCUT2D eigenvalue weighted by molar-refractivity contribution is -0.118. The van der Waals surface area contributed by atoms with Crippen LogP contribution in [0, 0.1) is 12.8 Å². The summed E-state index contributed by atoms with van der Waals surface area (Å²) in [7, 11) is 1.32. The molecule has 2 fully saturated rings. The zero-order valence-electron chi connectivity index (χ0n) is 15.0. The molecule has 140 valence electrons. The molecule has 3 aliphatic rings. The second-order valence-corrected chi connectivity index (χ2v) is 7.64. The van der Waals surface area contributed by atoms with Gasteiger partial charge in [0.15, 0.2) is 0 Å². The molecule has 3 heterocycles. The predicted molar refractivity (Wildman–Crippen MR) is 91.1 cm³/mol. The minimum Gasteiger partial charge on any atom is -0.464 e. The monoisotopic (exact) mass is 369 g/mol. The van der Waals surface area contributed by atoms with Crippen molar-refractivity contribution in [3.05, 3.63) is 34.4 Å². The van der Waals surface area contributed by atoms with E-state index in [1.807, 2.05) is 4.57 Å². The average Bonchev–Trinajstić information content (AvgIpc) is 3.44. The number of hydrogen-bond donors (Lipinski definition) is 2. The van der Waals surface area contributed by atoms with Crippen molar-refractivity contribution in [2.45, 2.75) is 44.2 Å². The Morgan fingerprint density at radius 1 is 1.37 bits per heavy atom. The van der Waals surface area contributed by atoms with Crippen molar-refractivity contribution in [3.63, 3.8) is 0 Å². The third-order valence-corrected chi connectivity index (χ3v) is 6.04. The van der Waals surface area contributed by atoms with E-state index in [1.54, 1.807) is 13.1 Å². The van der Waals surface area contributed by atoms with Crippen LogP contribution in [0.2, 0.25) is 0 Å². The number of aromatic amines is 1. The molecule has 1 amide bonds. The smallest absolute Gasteiger partial charge is 0.354 e. The van der Waals surface area contributed by atoms with Gasteiger partial charge in [0, 0.05) is 11.7 Å². The first-order valence-corrected chi connectivity index (χ1v) is 9.02. The number of Topliss-reactive ketones (excluding diaryl/α,β-unsaturated/α-hetero) is 1. The summed E-state index contributed by atoms with van der Waals surface area (Å²) in [4.78, 5) is 38.1. The maximum absolute atomic E-state index is 13.0. The van der Waals surface area contributed by atoms with E-state index in [2.05, 4.69) is 20.7 Å². The molecule has 2 atom stereocenters. The van der Waals surface area contributed by atoms with E-state index in [1.165, 1.54) is 7.11 Å². The van der Waals surface area contributed by atoms with Gasteiger partial charge in [-0.15, -0.1) is 0 Å². The quantitative estimate of drug-likeness (QED) is 0.457. The van der Waals surface area contributed by atoms with Crippen molar-refractivity contribution < 1.29 is 19.1 Å². The van der Waals surface area contributed by atoms with Crippen LogP contribution in [0.4, 0.5) is 0 Å². The summed E-state index contributed by atoms with van der Waals surface area (Å²) < 4.78 is 6.83. The zero-order valence-corrected chi connectivity index (χ0v) is 15.0. The molecule has 0 saturated heterocycles. The molecule has 9 nitrogen and oxygen atoms in total. The molecule has 0 bridgehead atoms. The lowest BCUT2D eigenvalue weighted by atomic mass is 10.0. The van der Waals surface area contributed by atoms with Gasteiger partial charge >= 0.3 is 5.97 Å². The summed E-state index contributed by atoms with van der Waals surface area (Å²) in [5.74, 6) is -1.31. The van der Waals surface area contributed by atoms with Gasteiger partial charge in [-0.05, 0) is 44.1 Å². The number of hydrogen-bond acceptors (Lipinski definition) is 6. The average molecular weight is 369 g/mol. The zero-order chi connectivity index (χ0) is 18.9.